The first-order chi connectivity index (χ1) is 58.6. The molecule has 8 aromatic rings. The van der Waals surface area contributed by atoms with Crippen molar-refractivity contribution in [2.45, 2.75) is 126 Å². The van der Waals surface area contributed by atoms with Crippen molar-refractivity contribution >= 4 is 318 Å². The first kappa shape index (κ1) is 135. The average molecular weight is 2850 g/mol. The fourth-order valence-corrected chi connectivity index (χ4v) is 12.8. The van der Waals surface area contributed by atoms with Crippen LogP contribution in [0.5, 0.6) is 92.0 Å². The number of aromatic hydroxyl groups is 4. The van der Waals surface area contributed by atoms with E-state index in [1.807, 2.05) is 106 Å². The zero-order valence-electron chi connectivity index (χ0n) is 72.4. The second-order valence-electron chi connectivity index (χ2n) is 22.9. The molecule has 0 bridgehead atoms. The molecule has 127 heavy (non-hydrogen) atoms. The number of hydrogen-bond donors (Lipinski definition) is 7. The summed E-state index contributed by atoms with van der Waals surface area (Å²) in [6.07, 6.45) is 7.21. The Morgan fingerprint density at radius 1 is 0.441 bits per heavy atom. The topological polar surface area (TPSA) is 371 Å². The Balaban J connectivity index is -0.000000253. The molecule has 8 aromatic carbocycles. The first-order valence-corrected chi connectivity index (χ1v) is 48.5. The first-order valence-electron chi connectivity index (χ1n) is 36.4. The van der Waals surface area contributed by atoms with E-state index in [-0.39, 0.29) is 101 Å². The molecular formula is C82H104BBr4Cl7FI6LiN2O23. The molecule has 1 heterocycles. The normalized spacial score (nSPS) is 9.97. The maximum absolute atomic E-state index is 10.8. The van der Waals surface area contributed by atoms with E-state index in [2.05, 4.69) is 159 Å². The minimum absolute atomic E-state index is 0. The minimum atomic E-state index is -1.00. The van der Waals surface area contributed by atoms with E-state index in [0.29, 0.717) is 85.7 Å². The van der Waals surface area contributed by atoms with Crippen LogP contribution in [0.2, 0.25) is 35.2 Å². The molecular weight excluding hydrogens is 2750 g/mol. The Bertz CT molecular complexity index is 4310. The van der Waals surface area contributed by atoms with Gasteiger partial charge in [0.2, 0.25) is 0 Å². The van der Waals surface area contributed by atoms with Crippen molar-refractivity contribution in [2.24, 2.45) is 0 Å². The van der Waals surface area contributed by atoms with Crippen LogP contribution in [0.25, 0.3) is 0 Å². The predicted molar refractivity (Wildman–Crippen MR) is 574 cm³/mol. The van der Waals surface area contributed by atoms with Crippen LogP contribution in [-0.4, -0.2) is 145 Å². The monoisotopic (exact) mass is 2840 g/mol. The van der Waals surface area contributed by atoms with Crippen LogP contribution in [-0.2, 0) is 23.9 Å². The van der Waals surface area contributed by atoms with Gasteiger partial charge in [0.25, 0.3) is 5.97 Å². The van der Waals surface area contributed by atoms with Crippen molar-refractivity contribution in [2.75, 3.05) is 87.7 Å². The number of esters is 3. The molecule has 1 fully saturated rings. The largest absolute Gasteiger partial charge is 1.00 e. The number of hydrogen-bond acceptors (Lipinski definition) is 24. The van der Waals surface area contributed by atoms with Crippen LogP contribution in [0, 0.1) is 21.4 Å². The third kappa shape index (κ3) is 64.2. The van der Waals surface area contributed by atoms with Crippen molar-refractivity contribution in [1.82, 2.24) is 0 Å². The zero-order valence-corrected chi connectivity index (χ0v) is 96.0. The van der Waals surface area contributed by atoms with Gasteiger partial charge in [-0.3, -0.25) is 23.6 Å². The molecule has 0 saturated carbocycles. The van der Waals surface area contributed by atoms with Crippen molar-refractivity contribution < 1.29 is 136 Å². The standard InChI is InChI=1S/C13H18ClIO2.C10H8ClIO4.C8H6ClIO3.2C8H8ClIO2.C8H10ClNO2.C8H11NO2.C6H4ClIO2.C5H11Br.C4H8O.C2H4O2.CH3F.CH4.BBr3.Li.H2O/c1-4-10(5-2)17-12-8-9(15)7-11(13(12)14)16-6-3;1-5(13)15-8-3-7(12)4-9(10(8)11)16-6(2)14;1-4(11)13-7-3-5(10)2-6(12)8(7)9;1-11-6-3-5(10)4-7(12-2)8(6)9;1-2-12-7-4-5(10)3-6(11)8(7)9;1-11-6-3-5(10)4-7(12-2)8(6)9;1-10-7-3-6(9)4-8(5-7)11-2;7-6-4(9)1-3(8)2-5(6)10;1-3-5(6)4-2;1-2-4-5-3-1;1-2(3)4;1-2;;2-1(3)4;;/h7-8,10H,4-6H2,1-3H3;3-4H,1-2H3;2-3,12H,1H3;3-4H,1-2H3;3-4,11H,2H2,1H3;3-4H,10H2,1-2H3;3-5H,9H2,1-2H3;1-2,9-10H;5H,3-4H2,1-2H3;1-4H2;1H3,(H,3,4);1H3;1H4;;;1H2/q;;;;;;;;;;;;;;+1;/p-1/i;;;;;;;;;;;1D;;;;. The fourth-order valence-electron chi connectivity index (χ4n) is 8.03. The third-order valence-corrected chi connectivity index (χ3v) is 21.1. The number of phenolic OH excluding ortho intramolecular Hbond substituents is 4. The predicted octanol–water partition coefficient (Wildman–Crippen LogP) is 25.5. The molecule has 0 radical (unpaired) electrons. The fraction of sp³-hybridized carbons (Fsp3) is 0.366. The number of anilines is 2. The van der Waals surface area contributed by atoms with Gasteiger partial charge in [-0.15, -0.1) is 47.3 Å². The van der Waals surface area contributed by atoms with E-state index in [4.69, 9.17) is 176 Å². The second kappa shape index (κ2) is 80.7. The van der Waals surface area contributed by atoms with Gasteiger partial charge in [-0.05, 0) is 261 Å². The van der Waals surface area contributed by atoms with E-state index < -0.39 is 31.0 Å². The van der Waals surface area contributed by atoms with Crippen LogP contribution >= 0.6 is 280 Å². The summed E-state index contributed by atoms with van der Waals surface area (Å²) in [4.78, 5) is 42.0. The summed E-state index contributed by atoms with van der Waals surface area (Å²) in [5.74, 6) is 3.73. The van der Waals surface area contributed by atoms with Crippen LogP contribution in [0.15, 0.2) is 103 Å². The van der Waals surface area contributed by atoms with E-state index in [0.717, 1.165) is 65.0 Å². The number of carboxylic acid groups (broad SMARTS) is 1. The summed E-state index contributed by atoms with van der Waals surface area (Å²) in [7, 11) is 8.40. The van der Waals surface area contributed by atoms with E-state index in [1.54, 1.807) is 89.1 Å². The number of phenols is 4. The number of nitrogen functional groups attached to an aromatic ring is 2. The molecule has 710 valence electrons. The Hall–Kier alpha value is -2.52. The number of nitrogens with two attached hydrogens (primary N) is 2. The summed E-state index contributed by atoms with van der Waals surface area (Å²) < 4.78 is 87.1. The number of halogens is 18. The number of ether oxygens (including phenoxy) is 13. The summed E-state index contributed by atoms with van der Waals surface area (Å²) in [5.41, 5.74) is 12.3. The second-order valence-corrected chi connectivity index (χ2v) is 40.7. The van der Waals surface area contributed by atoms with Gasteiger partial charge in [0.05, 0.1) is 70.5 Å². The smallest absolute Gasteiger partial charge is 0.870 e. The molecule has 1 saturated heterocycles. The van der Waals surface area contributed by atoms with Crippen LogP contribution < -0.4 is 87.2 Å². The van der Waals surface area contributed by atoms with Gasteiger partial charge in [-0.1, -0.05) is 132 Å². The molecule has 1 aliphatic rings. The van der Waals surface area contributed by atoms with Gasteiger partial charge >= 0.3 is 40.0 Å². The number of carbonyl (C=O) groups excluding carboxylic acids is 3. The number of aliphatic carboxylic acids is 1. The number of benzene rings is 8. The third-order valence-electron chi connectivity index (χ3n) is 13.4. The maximum Gasteiger partial charge on any atom is 1.00 e. The quantitative estimate of drug-likeness (QED) is 0.00987. The number of carboxylic acids is 1. The molecule has 0 amide bonds. The van der Waals surface area contributed by atoms with Crippen molar-refractivity contribution in [3.05, 3.63) is 160 Å². The van der Waals surface area contributed by atoms with Crippen LogP contribution in [0.4, 0.5) is 15.8 Å². The number of alkyl halides is 2. The van der Waals surface area contributed by atoms with Crippen molar-refractivity contribution in [1.29, 1.82) is 0 Å². The van der Waals surface area contributed by atoms with E-state index >= 15 is 0 Å². The molecule has 0 spiro atoms. The Morgan fingerprint density at radius 2 is 0.677 bits per heavy atom. The molecule has 45 heteroatoms. The summed E-state index contributed by atoms with van der Waals surface area (Å²) in [5, 5.41) is 45.9. The minimum Gasteiger partial charge on any atom is -0.870 e. The summed E-state index contributed by atoms with van der Waals surface area (Å²) in [6.45, 7) is 20.4. The molecule has 0 unspecified atom stereocenters. The van der Waals surface area contributed by atoms with Crippen molar-refractivity contribution in [3.8, 4) is 92.0 Å². The SMILES string of the molecule is BrB(Br)Br.C.C1CCOC1.CC(=O)O.CC(=O)Oc1cc(I)cc(O)c1Cl.CC(=O)Oc1cc(I)cc(OC(C)=O)c1Cl.CCC(Br)CC.CCOc1cc(I)cc(O)c1Cl.CCOc1cc(I)cc(OC(CC)CC)c1Cl.COc1cc(I)cc(OC)c1Cl.COc1cc(N)cc(OC)c1.COc1cc(N)cc(OC)c1Cl.Oc1cc(I)cc(O)c1Cl.[2H]CF.[Li+].[OH-]. The van der Waals surface area contributed by atoms with Gasteiger partial charge in [0, 0.05) is 109 Å². The van der Waals surface area contributed by atoms with Crippen LogP contribution in [0.3, 0.4) is 0 Å². The molecule has 25 nitrogen and oxygen atoms in total. The maximum atomic E-state index is 10.8. The van der Waals surface area contributed by atoms with Crippen molar-refractivity contribution in [3.63, 3.8) is 0 Å². The Kier molecular flexibility index (Phi) is 85.9. The van der Waals surface area contributed by atoms with E-state index in [9.17, 15) is 29.0 Å². The van der Waals surface area contributed by atoms with Gasteiger partial charge in [0.1, 0.15) is 110 Å². The van der Waals surface area contributed by atoms with Gasteiger partial charge < -0.3 is 104 Å². The summed E-state index contributed by atoms with van der Waals surface area (Å²) >= 11 is 66.1. The Morgan fingerprint density at radius 3 is 0.945 bits per heavy atom. The Labute approximate surface area is 908 Å². The molecule has 0 aliphatic carbocycles. The zero-order chi connectivity index (χ0) is 96.9. The molecule has 0 atom stereocenters. The summed E-state index contributed by atoms with van der Waals surface area (Å²) in [6, 6.07) is 28.7. The average Bonchev–Trinajstić information content (AvgIpc) is 0.894. The van der Waals surface area contributed by atoms with Crippen LogP contribution in [0.1, 0.15) is 117 Å². The molecule has 0 aromatic heterocycles. The number of carbonyl (C=O) groups is 4. The van der Waals surface area contributed by atoms with Gasteiger partial charge in [-0.25, -0.2) is 0 Å². The van der Waals surface area contributed by atoms with E-state index in [1.165, 1.54) is 78.9 Å². The molecule has 1 aliphatic heterocycles. The number of rotatable bonds is 19. The molecule has 9 rings (SSSR count). The van der Waals surface area contributed by atoms with Gasteiger partial charge in [-0.2, -0.15) is 0 Å². The van der Waals surface area contributed by atoms with Gasteiger partial charge in [0.15, 0.2) is 17.2 Å². The molecule has 10 N–H and O–H groups in total. The number of methoxy groups -OCH3 is 6.